The minimum absolute atomic E-state index is 0.148. The topological polar surface area (TPSA) is 20.2 Å². The molecule has 14 heavy (non-hydrogen) atoms. The summed E-state index contributed by atoms with van der Waals surface area (Å²) >= 11 is 0. The molecule has 0 saturated carbocycles. The Bertz CT molecular complexity index is 226. The van der Waals surface area contributed by atoms with E-state index in [4.69, 9.17) is 5.11 Å². The van der Waals surface area contributed by atoms with Crippen molar-refractivity contribution < 1.29 is 5.11 Å². The van der Waals surface area contributed by atoms with Gasteiger partial charge in [0.05, 0.1) is 6.61 Å². The Morgan fingerprint density at radius 1 is 1.07 bits per heavy atom. The molecule has 0 heterocycles. The van der Waals surface area contributed by atoms with Gasteiger partial charge in [0.25, 0.3) is 0 Å². The number of benzene rings is 1. The third kappa shape index (κ3) is 6.44. The molecule has 1 N–H and O–H groups in total. The van der Waals surface area contributed by atoms with Crippen LogP contribution in [0.25, 0.3) is 0 Å². The van der Waals surface area contributed by atoms with Crippen LogP contribution in [-0.4, -0.2) is 11.7 Å². The molecule has 0 fully saturated rings. The lowest BCUT2D eigenvalue weighted by Gasteiger charge is -1.95. The number of allylic oxidation sites excluding steroid dienone is 1. The molecule has 0 unspecified atom stereocenters. The predicted molar refractivity (Wildman–Crippen MR) is 62.3 cm³/mol. The van der Waals surface area contributed by atoms with Crippen molar-refractivity contribution in [2.75, 3.05) is 6.61 Å². The Kier molecular flexibility index (Phi) is 9.23. The third-order valence-electron chi connectivity index (χ3n) is 1.71. The second kappa shape index (κ2) is 10.0. The molecule has 0 atom stereocenters. The van der Waals surface area contributed by atoms with Crippen molar-refractivity contribution in [1.29, 1.82) is 0 Å². The van der Waals surface area contributed by atoms with E-state index in [1.807, 2.05) is 38.1 Å². The van der Waals surface area contributed by atoms with E-state index in [0.29, 0.717) is 0 Å². The average Bonchev–Trinajstić information content (AvgIpc) is 2.29. The zero-order chi connectivity index (χ0) is 10.6. The molecular weight excluding hydrogens is 172 g/mol. The molecule has 0 aliphatic rings. The van der Waals surface area contributed by atoms with Crippen LogP contribution in [0.5, 0.6) is 0 Å². The number of aryl methyl sites for hydroxylation is 1. The molecule has 0 radical (unpaired) electrons. The average molecular weight is 192 g/mol. The number of aliphatic hydroxyl groups excluding tert-OH is 1. The first-order valence-electron chi connectivity index (χ1n) is 5.23. The molecule has 0 amide bonds. The second-order valence-electron chi connectivity index (χ2n) is 2.68. The van der Waals surface area contributed by atoms with E-state index in [9.17, 15) is 0 Å². The van der Waals surface area contributed by atoms with Gasteiger partial charge in [-0.3, -0.25) is 0 Å². The maximum Gasteiger partial charge on any atom is 0.0612 e. The second-order valence-corrected chi connectivity index (χ2v) is 2.68. The van der Waals surface area contributed by atoms with Gasteiger partial charge in [-0.15, -0.1) is 0 Å². The molecule has 0 saturated heterocycles. The van der Waals surface area contributed by atoms with Gasteiger partial charge >= 0.3 is 0 Å². The van der Waals surface area contributed by atoms with Gasteiger partial charge in [0.1, 0.15) is 0 Å². The van der Waals surface area contributed by atoms with Gasteiger partial charge in [-0.2, -0.15) is 0 Å². The van der Waals surface area contributed by atoms with E-state index in [1.165, 1.54) is 5.56 Å². The van der Waals surface area contributed by atoms with Crippen LogP contribution in [0.2, 0.25) is 0 Å². The van der Waals surface area contributed by atoms with Crippen LogP contribution in [0, 0.1) is 0 Å². The Hall–Kier alpha value is -1.08. The van der Waals surface area contributed by atoms with Crippen molar-refractivity contribution in [2.45, 2.75) is 26.7 Å². The monoisotopic (exact) mass is 192 g/mol. The first-order valence-corrected chi connectivity index (χ1v) is 5.23. The van der Waals surface area contributed by atoms with E-state index in [1.54, 1.807) is 6.08 Å². The van der Waals surface area contributed by atoms with Gasteiger partial charge in [0, 0.05) is 0 Å². The Labute approximate surface area is 87.1 Å². The highest BCUT2D eigenvalue weighted by molar-refractivity contribution is 5.15. The van der Waals surface area contributed by atoms with Gasteiger partial charge in [-0.25, -0.2) is 0 Å². The Morgan fingerprint density at radius 3 is 2.29 bits per heavy atom. The fourth-order valence-electron chi connectivity index (χ4n) is 1.09. The van der Waals surface area contributed by atoms with Crippen LogP contribution in [0.3, 0.4) is 0 Å². The van der Waals surface area contributed by atoms with Crippen LogP contribution in [0.1, 0.15) is 25.8 Å². The maximum atomic E-state index is 8.48. The van der Waals surface area contributed by atoms with Crippen molar-refractivity contribution >= 4 is 0 Å². The Balaban J connectivity index is 0.000000791. The fourth-order valence-corrected chi connectivity index (χ4v) is 1.09. The zero-order valence-electron chi connectivity index (χ0n) is 9.11. The van der Waals surface area contributed by atoms with Crippen LogP contribution in [0.4, 0.5) is 0 Å². The summed E-state index contributed by atoms with van der Waals surface area (Å²) in [6, 6.07) is 10.4. The molecule has 1 aromatic rings. The van der Waals surface area contributed by atoms with E-state index in [0.717, 1.165) is 12.8 Å². The molecular formula is C13H20O. The normalized spacial score (nSPS) is 9.64. The molecule has 1 rings (SSSR count). The third-order valence-corrected chi connectivity index (χ3v) is 1.71. The van der Waals surface area contributed by atoms with E-state index >= 15 is 0 Å². The standard InChI is InChI=1S/C11H14O.C2H6/c12-10-6-2-5-9-11-7-3-1-4-8-11;1-2/h1-4,6-8,12H,5,9-10H2;1-2H3/b6-2+;. The summed E-state index contributed by atoms with van der Waals surface area (Å²) in [6.07, 6.45) is 5.85. The molecule has 0 spiro atoms. The summed E-state index contributed by atoms with van der Waals surface area (Å²) < 4.78 is 0. The highest BCUT2D eigenvalue weighted by Crippen LogP contribution is 2.02. The number of aliphatic hydroxyl groups is 1. The first-order chi connectivity index (χ1) is 6.93. The van der Waals surface area contributed by atoms with Crippen molar-refractivity contribution in [1.82, 2.24) is 0 Å². The van der Waals surface area contributed by atoms with E-state index in [2.05, 4.69) is 12.1 Å². The minimum Gasteiger partial charge on any atom is -0.392 e. The van der Waals surface area contributed by atoms with Crippen LogP contribution >= 0.6 is 0 Å². The van der Waals surface area contributed by atoms with Crippen LogP contribution in [0.15, 0.2) is 42.5 Å². The van der Waals surface area contributed by atoms with Gasteiger partial charge in [-0.05, 0) is 18.4 Å². The predicted octanol–water partition coefficient (Wildman–Crippen LogP) is 3.19. The summed E-state index contributed by atoms with van der Waals surface area (Å²) in [7, 11) is 0. The lowest BCUT2D eigenvalue weighted by atomic mass is 10.1. The summed E-state index contributed by atoms with van der Waals surface area (Å²) in [4.78, 5) is 0. The van der Waals surface area contributed by atoms with Gasteiger partial charge < -0.3 is 5.11 Å². The van der Waals surface area contributed by atoms with Crippen molar-refractivity contribution in [3.8, 4) is 0 Å². The number of rotatable bonds is 4. The lowest BCUT2D eigenvalue weighted by Crippen LogP contribution is -1.81. The van der Waals surface area contributed by atoms with Crippen LogP contribution < -0.4 is 0 Å². The van der Waals surface area contributed by atoms with Gasteiger partial charge in [0.2, 0.25) is 0 Å². The number of hydrogen-bond donors (Lipinski definition) is 1. The molecule has 1 aromatic carbocycles. The largest absolute Gasteiger partial charge is 0.392 e. The zero-order valence-corrected chi connectivity index (χ0v) is 9.11. The quantitative estimate of drug-likeness (QED) is 0.726. The molecule has 78 valence electrons. The first kappa shape index (κ1) is 12.9. The minimum atomic E-state index is 0.148. The molecule has 1 nitrogen and oxygen atoms in total. The van der Waals surface area contributed by atoms with Crippen LogP contribution in [-0.2, 0) is 6.42 Å². The van der Waals surface area contributed by atoms with E-state index < -0.39 is 0 Å². The fraction of sp³-hybridized carbons (Fsp3) is 0.385. The smallest absolute Gasteiger partial charge is 0.0612 e. The molecule has 0 aliphatic carbocycles. The Morgan fingerprint density at radius 2 is 1.71 bits per heavy atom. The lowest BCUT2D eigenvalue weighted by molar-refractivity contribution is 0.342. The van der Waals surface area contributed by atoms with Crippen molar-refractivity contribution in [2.24, 2.45) is 0 Å². The summed E-state index contributed by atoms with van der Waals surface area (Å²) in [6.45, 7) is 4.15. The summed E-state index contributed by atoms with van der Waals surface area (Å²) in [5.74, 6) is 0. The van der Waals surface area contributed by atoms with Crippen molar-refractivity contribution in [3.63, 3.8) is 0 Å². The van der Waals surface area contributed by atoms with E-state index in [-0.39, 0.29) is 6.61 Å². The van der Waals surface area contributed by atoms with Gasteiger partial charge in [-0.1, -0.05) is 56.3 Å². The summed E-state index contributed by atoms with van der Waals surface area (Å²) in [5.41, 5.74) is 1.35. The SMILES string of the molecule is CC.OC/C=C/CCc1ccccc1. The molecule has 1 heteroatoms. The summed E-state index contributed by atoms with van der Waals surface area (Å²) in [5, 5.41) is 8.48. The molecule has 0 aromatic heterocycles. The highest BCUT2D eigenvalue weighted by atomic mass is 16.2. The number of hydrogen-bond acceptors (Lipinski definition) is 1. The van der Waals surface area contributed by atoms with Crippen molar-refractivity contribution in [3.05, 3.63) is 48.0 Å². The maximum absolute atomic E-state index is 8.48. The van der Waals surface area contributed by atoms with Gasteiger partial charge in [0.15, 0.2) is 0 Å². The molecule has 0 bridgehead atoms. The molecule has 0 aliphatic heterocycles. The highest BCUT2D eigenvalue weighted by Gasteiger charge is 1.86.